The molecular formula is C21H37N3O3. The van der Waals surface area contributed by atoms with Crippen LogP contribution >= 0.6 is 0 Å². The number of amides is 3. The minimum Gasteiger partial charge on any atom is -0.378 e. The Labute approximate surface area is 164 Å². The molecule has 3 amide bonds. The monoisotopic (exact) mass is 379 g/mol. The molecule has 6 nitrogen and oxygen atoms in total. The third kappa shape index (κ3) is 5.15. The predicted octanol–water partition coefficient (Wildman–Crippen LogP) is 2.87. The highest BCUT2D eigenvalue weighted by Crippen LogP contribution is 2.49. The van der Waals surface area contributed by atoms with Crippen LogP contribution < -0.4 is 5.32 Å². The van der Waals surface area contributed by atoms with Crippen molar-refractivity contribution in [3.05, 3.63) is 0 Å². The summed E-state index contributed by atoms with van der Waals surface area (Å²) in [4.78, 5) is 29.1. The third-order valence-electron chi connectivity index (χ3n) is 6.45. The molecule has 2 saturated heterocycles. The number of hydrogen-bond donors (Lipinski definition) is 1. The lowest BCUT2D eigenvalue weighted by Gasteiger charge is -2.44. The van der Waals surface area contributed by atoms with Gasteiger partial charge in [0.2, 0.25) is 5.91 Å². The molecule has 1 atom stereocenters. The third-order valence-corrected chi connectivity index (χ3v) is 6.45. The van der Waals surface area contributed by atoms with Crippen molar-refractivity contribution in [3.8, 4) is 0 Å². The molecule has 154 valence electrons. The second-order valence-electron chi connectivity index (χ2n) is 9.29. The van der Waals surface area contributed by atoms with Crippen LogP contribution in [0.1, 0.15) is 59.3 Å². The Hall–Kier alpha value is -1.30. The van der Waals surface area contributed by atoms with Crippen molar-refractivity contribution < 1.29 is 14.3 Å². The van der Waals surface area contributed by atoms with Gasteiger partial charge in [-0.15, -0.1) is 0 Å². The predicted molar refractivity (Wildman–Crippen MR) is 105 cm³/mol. The number of hydrogen-bond acceptors (Lipinski definition) is 3. The molecule has 2 aliphatic heterocycles. The molecule has 6 heteroatoms. The van der Waals surface area contributed by atoms with Crippen LogP contribution in [0.15, 0.2) is 0 Å². The van der Waals surface area contributed by atoms with Gasteiger partial charge in [0.25, 0.3) is 0 Å². The van der Waals surface area contributed by atoms with E-state index in [1.54, 1.807) is 0 Å². The van der Waals surface area contributed by atoms with Gasteiger partial charge in [0.05, 0.1) is 6.10 Å². The van der Waals surface area contributed by atoms with Gasteiger partial charge in [-0.3, -0.25) is 4.79 Å². The fourth-order valence-electron chi connectivity index (χ4n) is 4.94. The number of nitrogens with one attached hydrogen (secondary N) is 1. The van der Waals surface area contributed by atoms with Gasteiger partial charge in [-0.05, 0) is 56.3 Å². The maximum Gasteiger partial charge on any atom is 0.317 e. The first-order valence-corrected chi connectivity index (χ1v) is 10.8. The van der Waals surface area contributed by atoms with Crippen molar-refractivity contribution in [2.75, 3.05) is 39.3 Å². The first-order chi connectivity index (χ1) is 12.9. The number of rotatable bonds is 6. The van der Waals surface area contributed by atoms with E-state index in [1.807, 2.05) is 11.8 Å². The van der Waals surface area contributed by atoms with Gasteiger partial charge in [-0.25, -0.2) is 4.79 Å². The van der Waals surface area contributed by atoms with Crippen LogP contribution in [0.3, 0.4) is 0 Å². The summed E-state index contributed by atoms with van der Waals surface area (Å²) in [5.74, 6) is 1.03. The van der Waals surface area contributed by atoms with Gasteiger partial charge in [0.1, 0.15) is 0 Å². The van der Waals surface area contributed by atoms with Gasteiger partial charge in [-0.1, -0.05) is 13.8 Å². The molecule has 3 fully saturated rings. The van der Waals surface area contributed by atoms with Crippen LogP contribution in [0.5, 0.6) is 0 Å². The molecule has 0 aromatic rings. The standard InChI is InChI=1S/C21H37N3O3/c1-4-27-18-11-21(12-18)7-9-24(15-21)19(25)10-17-6-5-8-23(14-17)20(26)22-13-16(2)3/h16-18H,4-15H2,1-3H3,(H,22,26). The average Bonchev–Trinajstić information content (AvgIpc) is 3.05. The lowest BCUT2D eigenvalue weighted by molar-refractivity contribution is -0.133. The molecule has 0 aromatic carbocycles. The van der Waals surface area contributed by atoms with Crippen molar-refractivity contribution >= 4 is 11.9 Å². The number of urea groups is 1. The number of likely N-dealkylation sites (tertiary alicyclic amines) is 2. The second-order valence-corrected chi connectivity index (χ2v) is 9.29. The van der Waals surface area contributed by atoms with E-state index in [4.69, 9.17) is 4.74 Å². The fourth-order valence-corrected chi connectivity index (χ4v) is 4.94. The summed E-state index contributed by atoms with van der Waals surface area (Å²) in [5.41, 5.74) is 0.324. The summed E-state index contributed by atoms with van der Waals surface area (Å²) >= 11 is 0. The van der Waals surface area contributed by atoms with Gasteiger partial charge in [-0.2, -0.15) is 0 Å². The lowest BCUT2D eigenvalue weighted by atomic mass is 9.66. The topological polar surface area (TPSA) is 61.9 Å². The summed E-state index contributed by atoms with van der Waals surface area (Å²) in [5, 5.41) is 3.00. The van der Waals surface area contributed by atoms with Crippen molar-refractivity contribution in [1.82, 2.24) is 15.1 Å². The number of carbonyl (C=O) groups excluding carboxylic acids is 2. The smallest absolute Gasteiger partial charge is 0.317 e. The van der Waals surface area contributed by atoms with E-state index in [0.717, 1.165) is 58.3 Å². The molecule has 0 aromatic heterocycles. The minimum atomic E-state index is 0.0254. The van der Waals surface area contributed by atoms with Crippen molar-refractivity contribution in [2.24, 2.45) is 17.3 Å². The van der Waals surface area contributed by atoms with Gasteiger partial charge < -0.3 is 19.9 Å². The summed E-state index contributed by atoms with van der Waals surface area (Å²) < 4.78 is 5.70. The van der Waals surface area contributed by atoms with Gasteiger partial charge in [0.15, 0.2) is 0 Å². The molecule has 1 saturated carbocycles. The molecule has 3 rings (SSSR count). The summed E-state index contributed by atoms with van der Waals surface area (Å²) in [7, 11) is 0. The molecule has 1 N–H and O–H groups in total. The van der Waals surface area contributed by atoms with Crippen LogP contribution in [0.2, 0.25) is 0 Å². The quantitative estimate of drug-likeness (QED) is 0.772. The van der Waals surface area contributed by atoms with E-state index in [0.29, 0.717) is 42.9 Å². The lowest BCUT2D eigenvalue weighted by Crippen LogP contribution is -2.47. The summed E-state index contributed by atoms with van der Waals surface area (Å²) in [6.07, 6.45) is 6.37. The molecule has 1 spiro atoms. The highest BCUT2D eigenvalue weighted by molar-refractivity contribution is 5.77. The van der Waals surface area contributed by atoms with E-state index in [2.05, 4.69) is 24.1 Å². The molecule has 1 unspecified atom stereocenters. The van der Waals surface area contributed by atoms with Crippen molar-refractivity contribution in [3.63, 3.8) is 0 Å². The Kier molecular flexibility index (Phi) is 6.66. The minimum absolute atomic E-state index is 0.0254. The molecule has 1 aliphatic carbocycles. The fraction of sp³-hybridized carbons (Fsp3) is 0.905. The number of ether oxygens (including phenoxy) is 1. The second kappa shape index (κ2) is 8.80. The Balaban J connectivity index is 1.42. The zero-order chi connectivity index (χ0) is 19.4. The van der Waals surface area contributed by atoms with Crippen LogP contribution in [-0.4, -0.2) is 67.2 Å². The maximum absolute atomic E-state index is 12.8. The first-order valence-electron chi connectivity index (χ1n) is 10.8. The molecule has 2 heterocycles. The largest absolute Gasteiger partial charge is 0.378 e. The average molecular weight is 380 g/mol. The van der Waals surface area contributed by atoms with E-state index < -0.39 is 0 Å². The normalized spacial score (nSPS) is 30.7. The zero-order valence-corrected chi connectivity index (χ0v) is 17.3. The van der Waals surface area contributed by atoms with Crippen LogP contribution in [0.25, 0.3) is 0 Å². The van der Waals surface area contributed by atoms with E-state index in [-0.39, 0.29) is 11.9 Å². The first kappa shape index (κ1) is 20.4. The van der Waals surface area contributed by atoms with Gasteiger partial charge in [0, 0.05) is 45.8 Å². The number of carbonyl (C=O) groups is 2. The SMILES string of the molecule is CCOC1CC2(CCN(C(=O)CC3CCCN(C(=O)NCC(C)C)C3)C2)C1. The number of nitrogens with zero attached hydrogens (tertiary/aromatic N) is 2. The molecule has 27 heavy (non-hydrogen) atoms. The highest BCUT2D eigenvalue weighted by atomic mass is 16.5. The summed E-state index contributed by atoms with van der Waals surface area (Å²) in [6.45, 7) is 11.0. The van der Waals surface area contributed by atoms with E-state index in [1.165, 1.54) is 0 Å². The van der Waals surface area contributed by atoms with E-state index >= 15 is 0 Å². The van der Waals surface area contributed by atoms with Crippen molar-refractivity contribution in [2.45, 2.75) is 65.4 Å². The maximum atomic E-state index is 12.8. The zero-order valence-electron chi connectivity index (χ0n) is 17.3. The van der Waals surface area contributed by atoms with Gasteiger partial charge >= 0.3 is 6.03 Å². The molecule has 3 aliphatic rings. The Morgan fingerprint density at radius 2 is 2.00 bits per heavy atom. The summed E-state index contributed by atoms with van der Waals surface area (Å²) in [6, 6.07) is 0.0254. The van der Waals surface area contributed by atoms with Crippen molar-refractivity contribution in [1.29, 1.82) is 0 Å². The number of piperidine rings is 1. The highest BCUT2D eigenvalue weighted by Gasteiger charge is 2.49. The Bertz CT molecular complexity index is 531. The molecule has 0 radical (unpaired) electrons. The molecule has 0 bridgehead atoms. The van der Waals surface area contributed by atoms with E-state index in [9.17, 15) is 9.59 Å². The van der Waals surface area contributed by atoms with Crippen LogP contribution in [-0.2, 0) is 9.53 Å². The Morgan fingerprint density at radius 3 is 2.70 bits per heavy atom. The molecular weight excluding hydrogens is 342 g/mol. The van der Waals surface area contributed by atoms with Crippen LogP contribution in [0, 0.1) is 17.3 Å². The Morgan fingerprint density at radius 1 is 1.22 bits per heavy atom. The van der Waals surface area contributed by atoms with Crippen LogP contribution in [0.4, 0.5) is 4.79 Å².